The van der Waals surface area contributed by atoms with Gasteiger partial charge in [0.2, 0.25) is 0 Å². The van der Waals surface area contributed by atoms with Crippen LogP contribution in [0.2, 0.25) is 0 Å². The number of halogens is 1. The second-order valence-corrected chi connectivity index (χ2v) is 7.18. The summed E-state index contributed by atoms with van der Waals surface area (Å²) in [5.74, 6) is -0.400. The maximum absolute atomic E-state index is 13.3. The van der Waals surface area contributed by atoms with E-state index < -0.39 is 11.9 Å². The number of para-hydroxylation sites is 2. The molecule has 8 heteroatoms. The zero-order valence-corrected chi connectivity index (χ0v) is 18.0. The first kappa shape index (κ1) is 22.3. The van der Waals surface area contributed by atoms with E-state index in [0.717, 1.165) is 0 Å². The molecule has 0 saturated heterocycles. The van der Waals surface area contributed by atoms with E-state index in [1.807, 2.05) is 13.0 Å². The summed E-state index contributed by atoms with van der Waals surface area (Å²) in [5.41, 5.74) is 1.42. The minimum absolute atomic E-state index is 0.183. The number of carbonyl (C=O) groups is 2. The highest BCUT2D eigenvalue weighted by atomic mass is 32.1. The van der Waals surface area contributed by atoms with Gasteiger partial charge in [-0.05, 0) is 43.7 Å². The smallest absolute Gasteiger partial charge is 0.341 e. The van der Waals surface area contributed by atoms with E-state index >= 15 is 0 Å². The van der Waals surface area contributed by atoms with Gasteiger partial charge in [0.05, 0.1) is 13.2 Å². The quantitative estimate of drug-likeness (QED) is 0.463. The maximum Gasteiger partial charge on any atom is 0.341 e. The molecule has 0 radical (unpaired) electrons. The molecule has 2 aromatic carbocycles. The number of hydrogen-bond acceptors (Lipinski definition) is 6. The van der Waals surface area contributed by atoms with Crippen LogP contribution in [0.1, 0.15) is 24.2 Å². The Morgan fingerprint density at radius 1 is 0.968 bits per heavy atom. The minimum atomic E-state index is -0.569. The Bertz CT molecular complexity index is 1050. The fourth-order valence-corrected chi connectivity index (χ4v) is 3.82. The molecule has 0 aliphatic heterocycles. The van der Waals surface area contributed by atoms with Gasteiger partial charge in [-0.3, -0.25) is 4.79 Å². The van der Waals surface area contributed by atoms with E-state index in [9.17, 15) is 14.0 Å². The van der Waals surface area contributed by atoms with Gasteiger partial charge in [0, 0.05) is 10.9 Å². The molecule has 3 rings (SSSR count). The van der Waals surface area contributed by atoms with Crippen LogP contribution in [-0.2, 0) is 9.53 Å². The van der Waals surface area contributed by atoms with Crippen molar-refractivity contribution in [3.05, 3.63) is 65.3 Å². The molecule has 0 aliphatic carbocycles. The van der Waals surface area contributed by atoms with Crippen molar-refractivity contribution in [2.24, 2.45) is 0 Å². The highest BCUT2D eigenvalue weighted by Gasteiger charge is 2.23. The summed E-state index contributed by atoms with van der Waals surface area (Å²) in [6, 6.07) is 12.8. The van der Waals surface area contributed by atoms with Crippen LogP contribution < -0.4 is 14.8 Å². The van der Waals surface area contributed by atoms with Crippen LogP contribution in [0.5, 0.6) is 11.5 Å². The molecular weight excluding hydrogens is 421 g/mol. The molecule has 0 fully saturated rings. The lowest BCUT2D eigenvalue weighted by atomic mass is 10.0. The van der Waals surface area contributed by atoms with Gasteiger partial charge in [0.25, 0.3) is 5.91 Å². The Balaban J connectivity index is 1.78. The van der Waals surface area contributed by atoms with Gasteiger partial charge in [-0.1, -0.05) is 24.3 Å². The normalized spacial score (nSPS) is 10.4. The SMILES string of the molecule is CCOC(=O)c1c(-c2ccc(F)cc2)csc1NC(=O)COc1ccccc1OCC. The lowest BCUT2D eigenvalue weighted by Crippen LogP contribution is -2.21. The van der Waals surface area contributed by atoms with Crippen LogP contribution in [0.4, 0.5) is 9.39 Å². The number of esters is 1. The van der Waals surface area contributed by atoms with E-state index in [-0.39, 0.29) is 24.6 Å². The van der Waals surface area contributed by atoms with E-state index in [1.165, 1.54) is 23.5 Å². The average Bonchev–Trinajstić information content (AvgIpc) is 3.17. The van der Waals surface area contributed by atoms with Gasteiger partial charge in [-0.2, -0.15) is 0 Å². The molecule has 1 heterocycles. The number of rotatable bonds is 9. The van der Waals surface area contributed by atoms with E-state index in [0.29, 0.717) is 34.2 Å². The van der Waals surface area contributed by atoms with Crippen LogP contribution in [0.25, 0.3) is 11.1 Å². The van der Waals surface area contributed by atoms with Crippen LogP contribution in [0, 0.1) is 5.82 Å². The molecule has 0 atom stereocenters. The number of nitrogens with one attached hydrogen (secondary N) is 1. The number of thiophene rings is 1. The number of carbonyl (C=O) groups excluding carboxylic acids is 2. The number of hydrogen-bond donors (Lipinski definition) is 1. The maximum atomic E-state index is 13.3. The van der Waals surface area contributed by atoms with Gasteiger partial charge in [0.1, 0.15) is 16.4 Å². The summed E-state index contributed by atoms with van der Waals surface area (Å²) in [5, 5.41) is 4.77. The van der Waals surface area contributed by atoms with Crippen LogP contribution >= 0.6 is 11.3 Å². The molecule has 0 saturated carbocycles. The molecule has 1 aromatic heterocycles. The fraction of sp³-hybridized carbons (Fsp3) is 0.217. The molecule has 0 unspecified atom stereocenters. The summed E-state index contributed by atoms with van der Waals surface area (Å²) >= 11 is 1.18. The lowest BCUT2D eigenvalue weighted by Gasteiger charge is -2.12. The highest BCUT2D eigenvalue weighted by Crippen LogP contribution is 2.36. The average molecular weight is 443 g/mol. The Morgan fingerprint density at radius 2 is 1.65 bits per heavy atom. The van der Waals surface area contributed by atoms with E-state index in [4.69, 9.17) is 14.2 Å². The van der Waals surface area contributed by atoms with Crippen molar-refractivity contribution in [1.29, 1.82) is 0 Å². The first-order valence-corrected chi connectivity index (χ1v) is 10.6. The second kappa shape index (κ2) is 10.6. The van der Waals surface area contributed by atoms with Crippen molar-refractivity contribution in [2.45, 2.75) is 13.8 Å². The zero-order chi connectivity index (χ0) is 22.2. The summed E-state index contributed by atoms with van der Waals surface area (Å²) in [6.45, 7) is 3.94. The first-order chi connectivity index (χ1) is 15.0. The molecule has 162 valence electrons. The number of benzene rings is 2. The molecule has 31 heavy (non-hydrogen) atoms. The first-order valence-electron chi connectivity index (χ1n) is 9.72. The van der Waals surface area contributed by atoms with Crippen molar-refractivity contribution < 1.29 is 28.2 Å². The molecule has 1 amide bonds. The molecule has 3 aromatic rings. The predicted molar refractivity (Wildman–Crippen MR) is 117 cm³/mol. The molecule has 0 spiro atoms. The standard InChI is InChI=1S/C23H22FNO5S/c1-3-28-18-7-5-6-8-19(18)30-13-20(26)25-22-21(23(27)29-4-2)17(14-31-22)15-9-11-16(24)12-10-15/h5-12,14H,3-4,13H2,1-2H3,(H,25,26). The van der Waals surface area contributed by atoms with Crippen molar-refractivity contribution in [3.63, 3.8) is 0 Å². The van der Waals surface area contributed by atoms with Crippen LogP contribution in [0.3, 0.4) is 0 Å². The third kappa shape index (κ3) is 5.61. The Hall–Kier alpha value is -3.39. The Morgan fingerprint density at radius 3 is 2.29 bits per heavy atom. The lowest BCUT2D eigenvalue weighted by molar-refractivity contribution is -0.118. The predicted octanol–water partition coefficient (Wildman–Crippen LogP) is 5.15. The van der Waals surface area contributed by atoms with E-state index in [2.05, 4.69) is 5.32 Å². The van der Waals surface area contributed by atoms with Crippen molar-refractivity contribution in [1.82, 2.24) is 0 Å². The Labute approximate surface area is 183 Å². The van der Waals surface area contributed by atoms with Gasteiger partial charge >= 0.3 is 5.97 Å². The summed E-state index contributed by atoms with van der Waals surface area (Å²) < 4.78 is 29.5. The highest BCUT2D eigenvalue weighted by molar-refractivity contribution is 7.15. The third-order valence-electron chi connectivity index (χ3n) is 4.19. The molecule has 6 nitrogen and oxygen atoms in total. The largest absolute Gasteiger partial charge is 0.490 e. The van der Waals surface area contributed by atoms with E-state index in [1.54, 1.807) is 42.6 Å². The van der Waals surface area contributed by atoms with Gasteiger partial charge in [0.15, 0.2) is 18.1 Å². The molecule has 1 N–H and O–H groups in total. The third-order valence-corrected chi connectivity index (χ3v) is 5.08. The van der Waals surface area contributed by atoms with Gasteiger partial charge < -0.3 is 19.5 Å². The summed E-state index contributed by atoms with van der Waals surface area (Å²) in [4.78, 5) is 25.1. The Kier molecular flexibility index (Phi) is 7.61. The number of amides is 1. The molecular formula is C23H22FNO5S. The van der Waals surface area contributed by atoms with Crippen molar-refractivity contribution >= 4 is 28.2 Å². The molecule has 0 aliphatic rings. The van der Waals surface area contributed by atoms with Crippen molar-refractivity contribution in [2.75, 3.05) is 25.1 Å². The molecule has 0 bridgehead atoms. The van der Waals surface area contributed by atoms with Gasteiger partial charge in [-0.25, -0.2) is 9.18 Å². The monoisotopic (exact) mass is 443 g/mol. The number of ether oxygens (including phenoxy) is 3. The minimum Gasteiger partial charge on any atom is -0.490 e. The number of anilines is 1. The summed E-state index contributed by atoms with van der Waals surface area (Å²) in [6.07, 6.45) is 0. The summed E-state index contributed by atoms with van der Waals surface area (Å²) in [7, 11) is 0. The second-order valence-electron chi connectivity index (χ2n) is 6.30. The van der Waals surface area contributed by atoms with Crippen molar-refractivity contribution in [3.8, 4) is 22.6 Å². The van der Waals surface area contributed by atoms with Gasteiger partial charge in [-0.15, -0.1) is 11.3 Å². The fourth-order valence-electron chi connectivity index (χ4n) is 2.85. The topological polar surface area (TPSA) is 73.9 Å². The zero-order valence-electron chi connectivity index (χ0n) is 17.1. The van der Waals surface area contributed by atoms with Crippen LogP contribution in [0.15, 0.2) is 53.9 Å². The van der Waals surface area contributed by atoms with Crippen LogP contribution in [-0.4, -0.2) is 31.7 Å².